The van der Waals surface area contributed by atoms with Crippen LogP contribution in [0.15, 0.2) is 18.2 Å². The van der Waals surface area contributed by atoms with Gasteiger partial charge in [-0.25, -0.2) is 0 Å². The zero-order chi connectivity index (χ0) is 13.1. The van der Waals surface area contributed by atoms with Crippen LogP contribution in [0.5, 0.6) is 0 Å². The molecule has 1 aromatic rings. The van der Waals surface area contributed by atoms with Gasteiger partial charge in [0.05, 0.1) is 10.0 Å². The maximum Gasteiger partial charge on any atom is 0.389 e. The van der Waals surface area contributed by atoms with Crippen LogP contribution in [0, 0.1) is 0 Å². The second kappa shape index (κ2) is 5.74. The van der Waals surface area contributed by atoms with Crippen LogP contribution in [-0.4, -0.2) is 12.0 Å². The summed E-state index contributed by atoms with van der Waals surface area (Å²) in [6.45, 7) is 0. The van der Waals surface area contributed by atoms with E-state index in [0.717, 1.165) is 0 Å². The van der Waals surface area contributed by atoms with Crippen molar-refractivity contribution in [2.75, 3.05) is 0 Å². The first kappa shape index (κ1) is 14.3. The molecular weight excluding hydrogens is 276 g/mol. The van der Waals surface area contributed by atoms with Crippen LogP contribution in [0.2, 0.25) is 10.0 Å². The van der Waals surface area contributed by atoms with E-state index in [1.54, 1.807) is 0 Å². The summed E-state index contributed by atoms with van der Waals surface area (Å²) in [5, 5.41) is 0.305. The largest absolute Gasteiger partial charge is 0.389 e. The average Bonchev–Trinajstić information content (AvgIpc) is 2.20. The lowest BCUT2D eigenvalue weighted by Crippen LogP contribution is -2.08. The van der Waals surface area contributed by atoms with Gasteiger partial charge >= 0.3 is 6.18 Å². The molecule has 0 unspecified atom stereocenters. The zero-order valence-electron chi connectivity index (χ0n) is 8.65. The van der Waals surface area contributed by atoms with Gasteiger partial charge in [0.2, 0.25) is 0 Å². The van der Waals surface area contributed by atoms with Gasteiger partial charge in [-0.05, 0) is 18.6 Å². The van der Waals surface area contributed by atoms with Gasteiger partial charge in [0.25, 0.3) is 0 Å². The number of hydrogen-bond donors (Lipinski definition) is 0. The Labute approximate surface area is 107 Å². The quantitative estimate of drug-likeness (QED) is 0.718. The Bertz CT molecular complexity index is 416. The van der Waals surface area contributed by atoms with Crippen LogP contribution in [0.1, 0.15) is 29.6 Å². The fraction of sp³-hybridized carbons (Fsp3) is 0.364. The lowest BCUT2D eigenvalue weighted by Gasteiger charge is -2.07. The first-order valence-corrected chi connectivity index (χ1v) is 5.61. The number of ketones is 1. The van der Waals surface area contributed by atoms with Gasteiger partial charge in [-0.2, -0.15) is 13.2 Å². The molecule has 0 radical (unpaired) electrons. The van der Waals surface area contributed by atoms with E-state index in [1.807, 2.05) is 0 Å². The van der Waals surface area contributed by atoms with Crippen molar-refractivity contribution < 1.29 is 18.0 Å². The van der Waals surface area contributed by atoms with Crippen molar-refractivity contribution in [2.24, 2.45) is 0 Å². The topological polar surface area (TPSA) is 17.1 Å². The van der Waals surface area contributed by atoms with E-state index in [-0.39, 0.29) is 28.5 Å². The number of benzene rings is 1. The fourth-order valence-corrected chi connectivity index (χ4v) is 1.71. The average molecular weight is 285 g/mol. The highest BCUT2D eigenvalue weighted by Crippen LogP contribution is 2.28. The van der Waals surface area contributed by atoms with E-state index in [4.69, 9.17) is 23.2 Å². The molecule has 0 spiro atoms. The highest BCUT2D eigenvalue weighted by molar-refractivity contribution is 6.43. The minimum atomic E-state index is -4.24. The van der Waals surface area contributed by atoms with Crippen LogP contribution >= 0.6 is 23.2 Å². The van der Waals surface area contributed by atoms with Crippen molar-refractivity contribution in [2.45, 2.75) is 25.4 Å². The van der Waals surface area contributed by atoms with Gasteiger partial charge in [0.1, 0.15) is 0 Å². The summed E-state index contributed by atoms with van der Waals surface area (Å²) < 4.78 is 35.7. The van der Waals surface area contributed by atoms with Crippen molar-refractivity contribution in [1.82, 2.24) is 0 Å². The third kappa shape index (κ3) is 4.56. The molecule has 0 aliphatic carbocycles. The Morgan fingerprint density at radius 2 is 1.88 bits per heavy atom. The molecule has 94 valence electrons. The molecule has 0 aliphatic rings. The maximum atomic E-state index is 11.9. The molecule has 0 amide bonds. The molecule has 1 rings (SSSR count). The Kier molecular flexibility index (Phi) is 4.83. The van der Waals surface area contributed by atoms with E-state index < -0.39 is 18.4 Å². The van der Waals surface area contributed by atoms with Crippen molar-refractivity contribution in [3.8, 4) is 0 Å². The first-order valence-electron chi connectivity index (χ1n) is 4.85. The van der Waals surface area contributed by atoms with E-state index in [9.17, 15) is 18.0 Å². The monoisotopic (exact) mass is 284 g/mol. The van der Waals surface area contributed by atoms with Gasteiger partial charge in [0.15, 0.2) is 5.78 Å². The number of hydrogen-bond acceptors (Lipinski definition) is 1. The van der Waals surface area contributed by atoms with Crippen LogP contribution in [0.3, 0.4) is 0 Å². The number of Topliss-reactive ketones (excluding diaryl/α,β-unsaturated/α-hetero) is 1. The molecule has 17 heavy (non-hydrogen) atoms. The summed E-state index contributed by atoms with van der Waals surface area (Å²) >= 11 is 11.5. The molecule has 0 heterocycles. The summed E-state index contributed by atoms with van der Waals surface area (Å²) in [6.07, 6.45) is -5.65. The molecule has 1 aromatic carbocycles. The second-order valence-corrected chi connectivity index (χ2v) is 4.28. The lowest BCUT2D eigenvalue weighted by atomic mass is 10.1. The molecule has 0 saturated heterocycles. The highest BCUT2D eigenvalue weighted by Gasteiger charge is 2.26. The molecule has 0 bridgehead atoms. The molecule has 0 fully saturated rings. The zero-order valence-corrected chi connectivity index (χ0v) is 10.2. The van der Waals surface area contributed by atoms with Gasteiger partial charge in [-0.15, -0.1) is 0 Å². The van der Waals surface area contributed by atoms with Crippen LogP contribution in [0.25, 0.3) is 0 Å². The number of alkyl halides is 3. The summed E-state index contributed by atoms with van der Waals surface area (Å²) in [6, 6.07) is 4.49. The van der Waals surface area contributed by atoms with E-state index in [1.165, 1.54) is 18.2 Å². The van der Waals surface area contributed by atoms with Crippen LogP contribution < -0.4 is 0 Å². The van der Waals surface area contributed by atoms with Gasteiger partial charge in [-0.3, -0.25) is 4.79 Å². The predicted octanol–water partition coefficient (Wildman–Crippen LogP) is 4.91. The molecule has 0 N–H and O–H groups in total. The predicted molar refractivity (Wildman–Crippen MR) is 60.7 cm³/mol. The minimum Gasteiger partial charge on any atom is -0.294 e. The van der Waals surface area contributed by atoms with Crippen molar-refractivity contribution >= 4 is 29.0 Å². The summed E-state index contributed by atoms with van der Waals surface area (Å²) in [7, 11) is 0. The van der Waals surface area contributed by atoms with Gasteiger partial charge in [-0.1, -0.05) is 29.3 Å². The van der Waals surface area contributed by atoms with Crippen LogP contribution in [0.4, 0.5) is 13.2 Å². The third-order valence-electron chi connectivity index (χ3n) is 2.12. The molecule has 0 saturated carbocycles. The molecule has 1 nitrogen and oxygen atoms in total. The second-order valence-electron chi connectivity index (χ2n) is 3.49. The maximum absolute atomic E-state index is 11.9. The van der Waals surface area contributed by atoms with Crippen LogP contribution in [-0.2, 0) is 0 Å². The number of rotatable bonds is 4. The molecular formula is C11H9Cl2F3O. The van der Waals surface area contributed by atoms with Crippen molar-refractivity contribution in [3.05, 3.63) is 33.8 Å². The fourth-order valence-electron chi connectivity index (χ4n) is 1.30. The first-order chi connectivity index (χ1) is 7.81. The Balaban J connectivity index is 2.62. The number of halogens is 5. The van der Waals surface area contributed by atoms with Gasteiger partial charge in [0, 0.05) is 18.4 Å². The SMILES string of the molecule is O=C(CCCC(F)(F)F)c1cccc(Cl)c1Cl. The normalized spacial score (nSPS) is 11.6. The summed E-state index contributed by atoms with van der Waals surface area (Å²) in [5.41, 5.74) is 0.168. The smallest absolute Gasteiger partial charge is 0.294 e. The lowest BCUT2D eigenvalue weighted by molar-refractivity contribution is -0.135. The minimum absolute atomic E-state index is 0.0891. The Hall–Kier alpha value is -0.740. The Morgan fingerprint density at radius 3 is 2.47 bits per heavy atom. The van der Waals surface area contributed by atoms with E-state index in [2.05, 4.69) is 0 Å². The molecule has 0 aliphatic heterocycles. The molecule has 6 heteroatoms. The van der Waals surface area contributed by atoms with E-state index in [0.29, 0.717) is 0 Å². The van der Waals surface area contributed by atoms with Crippen molar-refractivity contribution in [3.63, 3.8) is 0 Å². The number of carbonyl (C=O) groups excluding carboxylic acids is 1. The third-order valence-corrected chi connectivity index (χ3v) is 2.93. The summed E-state index contributed by atoms with van der Waals surface area (Å²) in [4.78, 5) is 11.6. The molecule has 0 atom stereocenters. The number of carbonyl (C=O) groups is 1. The van der Waals surface area contributed by atoms with E-state index >= 15 is 0 Å². The van der Waals surface area contributed by atoms with Crippen molar-refractivity contribution in [1.29, 1.82) is 0 Å². The standard InChI is InChI=1S/C11H9Cl2F3O/c12-8-4-1-3-7(10(8)13)9(17)5-2-6-11(14,15)16/h1,3-4H,2,5-6H2. The van der Waals surface area contributed by atoms with Gasteiger partial charge < -0.3 is 0 Å². The summed E-state index contributed by atoms with van der Waals surface area (Å²) in [5.74, 6) is -0.429. The Morgan fingerprint density at radius 1 is 1.24 bits per heavy atom. The molecule has 0 aromatic heterocycles. The highest BCUT2D eigenvalue weighted by atomic mass is 35.5.